The highest BCUT2D eigenvalue weighted by molar-refractivity contribution is 5.39. The molecule has 0 aromatic heterocycles. The van der Waals surface area contributed by atoms with Crippen molar-refractivity contribution in [3.05, 3.63) is 29.3 Å². The molecule has 0 radical (unpaired) electrons. The Morgan fingerprint density at radius 3 is 2.38 bits per heavy atom. The van der Waals surface area contributed by atoms with Crippen molar-refractivity contribution in [1.29, 1.82) is 0 Å². The Hall–Kier alpha value is -1.02. The van der Waals surface area contributed by atoms with E-state index < -0.39 is 0 Å². The highest BCUT2D eigenvalue weighted by atomic mass is 16.5. The number of hydrogen-bond acceptors (Lipinski definition) is 2. The second-order valence-corrected chi connectivity index (χ2v) is 4.83. The first kappa shape index (κ1) is 11.5. The third-order valence-electron chi connectivity index (χ3n) is 3.43. The van der Waals surface area contributed by atoms with E-state index in [1.807, 2.05) is 0 Å². The predicted octanol–water partition coefficient (Wildman–Crippen LogP) is 2.95. The Morgan fingerprint density at radius 1 is 1.12 bits per heavy atom. The van der Waals surface area contributed by atoms with Crippen LogP contribution in [0.25, 0.3) is 0 Å². The first-order valence-electron chi connectivity index (χ1n) is 6.17. The Kier molecular flexibility index (Phi) is 3.49. The number of ether oxygens (including phenoxy) is 1. The maximum Gasteiger partial charge on any atom is 0.125 e. The number of aryl methyl sites for hydroxylation is 2. The molecule has 1 aliphatic rings. The first-order chi connectivity index (χ1) is 7.68. The summed E-state index contributed by atoms with van der Waals surface area (Å²) in [4.78, 5) is 0. The molecule has 0 unspecified atom stereocenters. The van der Waals surface area contributed by atoms with Crippen LogP contribution in [0.5, 0.6) is 5.75 Å². The molecule has 2 rings (SSSR count). The van der Waals surface area contributed by atoms with E-state index in [0.29, 0.717) is 0 Å². The number of para-hydroxylation sites is 1. The highest BCUT2D eigenvalue weighted by Crippen LogP contribution is 2.27. The predicted molar refractivity (Wildman–Crippen MR) is 66.8 cm³/mol. The van der Waals surface area contributed by atoms with E-state index in [1.165, 1.54) is 24.0 Å². The van der Waals surface area contributed by atoms with Crippen LogP contribution in [0.1, 0.15) is 36.8 Å². The van der Waals surface area contributed by atoms with Gasteiger partial charge in [0.15, 0.2) is 0 Å². The highest BCUT2D eigenvalue weighted by Gasteiger charge is 2.24. The Morgan fingerprint density at radius 2 is 1.75 bits per heavy atom. The zero-order valence-corrected chi connectivity index (χ0v) is 10.2. The van der Waals surface area contributed by atoms with E-state index in [1.54, 1.807) is 0 Å². The molecule has 0 aliphatic heterocycles. The van der Waals surface area contributed by atoms with Crippen LogP contribution < -0.4 is 10.5 Å². The van der Waals surface area contributed by atoms with Crippen molar-refractivity contribution in [2.75, 3.05) is 0 Å². The number of benzene rings is 1. The molecule has 0 saturated heterocycles. The molecule has 16 heavy (non-hydrogen) atoms. The first-order valence-corrected chi connectivity index (χ1v) is 6.17. The zero-order valence-electron chi connectivity index (χ0n) is 10.2. The zero-order chi connectivity index (χ0) is 11.5. The molecular weight excluding hydrogens is 198 g/mol. The second-order valence-electron chi connectivity index (χ2n) is 4.83. The van der Waals surface area contributed by atoms with E-state index in [4.69, 9.17) is 10.5 Å². The molecule has 0 heterocycles. The lowest BCUT2D eigenvalue weighted by Gasteiger charge is -2.30. The van der Waals surface area contributed by atoms with E-state index in [9.17, 15) is 0 Å². The van der Waals surface area contributed by atoms with Crippen LogP contribution >= 0.6 is 0 Å². The van der Waals surface area contributed by atoms with Gasteiger partial charge in [0, 0.05) is 6.04 Å². The van der Waals surface area contributed by atoms with Gasteiger partial charge in [-0.2, -0.15) is 0 Å². The molecule has 1 saturated carbocycles. The molecular formula is C14H21NO. The maximum absolute atomic E-state index is 6.10. The van der Waals surface area contributed by atoms with Crippen molar-refractivity contribution in [3.63, 3.8) is 0 Å². The van der Waals surface area contributed by atoms with Gasteiger partial charge in [-0.25, -0.2) is 0 Å². The average Bonchev–Trinajstić information content (AvgIpc) is 2.26. The van der Waals surface area contributed by atoms with Crippen molar-refractivity contribution in [2.24, 2.45) is 5.73 Å². The van der Waals surface area contributed by atoms with Gasteiger partial charge in [-0.05, 0) is 44.2 Å². The third-order valence-corrected chi connectivity index (χ3v) is 3.43. The quantitative estimate of drug-likeness (QED) is 0.830. The monoisotopic (exact) mass is 219 g/mol. The molecule has 88 valence electrons. The Labute approximate surface area is 97.8 Å². The summed E-state index contributed by atoms with van der Waals surface area (Å²) in [6, 6.07) is 6.46. The summed E-state index contributed by atoms with van der Waals surface area (Å²) in [5.41, 5.74) is 8.51. The van der Waals surface area contributed by atoms with Gasteiger partial charge in [-0.15, -0.1) is 0 Å². The van der Waals surface area contributed by atoms with Crippen molar-refractivity contribution in [1.82, 2.24) is 0 Å². The fraction of sp³-hybridized carbons (Fsp3) is 0.571. The fourth-order valence-corrected chi connectivity index (χ4v) is 2.41. The number of hydrogen-bond donors (Lipinski definition) is 1. The lowest BCUT2D eigenvalue weighted by molar-refractivity contribution is 0.130. The summed E-state index contributed by atoms with van der Waals surface area (Å²) in [6.45, 7) is 4.19. The van der Waals surface area contributed by atoms with Crippen molar-refractivity contribution in [2.45, 2.75) is 51.7 Å². The van der Waals surface area contributed by atoms with Gasteiger partial charge >= 0.3 is 0 Å². The van der Waals surface area contributed by atoms with Crippen LogP contribution in [-0.4, -0.2) is 12.1 Å². The van der Waals surface area contributed by atoms with Crippen molar-refractivity contribution < 1.29 is 4.74 Å². The minimum Gasteiger partial charge on any atom is -0.488 e. The van der Waals surface area contributed by atoms with E-state index >= 15 is 0 Å². The maximum atomic E-state index is 6.10. The van der Waals surface area contributed by atoms with Gasteiger partial charge in [-0.3, -0.25) is 0 Å². The molecule has 1 fully saturated rings. The topological polar surface area (TPSA) is 35.2 Å². The van der Waals surface area contributed by atoms with Crippen LogP contribution in [0.4, 0.5) is 0 Å². The van der Waals surface area contributed by atoms with Crippen LogP contribution in [0.2, 0.25) is 0 Å². The molecule has 2 N–H and O–H groups in total. The van der Waals surface area contributed by atoms with E-state index in [2.05, 4.69) is 32.0 Å². The molecule has 2 heteroatoms. The molecule has 2 nitrogen and oxygen atoms in total. The summed E-state index contributed by atoms with van der Waals surface area (Å²) < 4.78 is 6.10. The smallest absolute Gasteiger partial charge is 0.125 e. The summed E-state index contributed by atoms with van der Waals surface area (Å²) in [7, 11) is 0. The second kappa shape index (κ2) is 4.88. The van der Waals surface area contributed by atoms with E-state index in [0.717, 1.165) is 18.6 Å². The molecule has 2 atom stereocenters. The molecule has 1 aromatic carbocycles. The van der Waals surface area contributed by atoms with Gasteiger partial charge in [0.1, 0.15) is 11.9 Å². The van der Waals surface area contributed by atoms with Crippen LogP contribution in [0, 0.1) is 13.8 Å². The lowest BCUT2D eigenvalue weighted by Crippen LogP contribution is -2.41. The number of rotatable bonds is 2. The van der Waals surface area contributed by atoms with Gasteiger partial charge in [0.05, 0.1) is 0 Å². The van der Waals surface area contributed by atoms with Gasteiger partial charge in [-0.1, -0.05) is 24.6 Å². The number of nitrogens with two attached hydrogens (primary N) is 1. The van der Waals surface area contributed by atoms with Gasteiger partial charge in [0.2, 0.25) is 0 Å². The minimum atomic E-state index is 0.202. The Balaban J connectivity index is 2.13. The third kappa shape index (κ3) is 2.38. The fourth-order valence-electron chi connectivity index (χ4n) is 2.41. The molecule has 0 spiro atoms. The van der Waals surface area contributed by atoms with Crippen molar-refractivity contribution >= 4 is 0 Å². The standard InChI is InChI=1S/C14H21NO/c1-10-6-5-7-11(2)14(10)16-13-9-4-3-8-12(13)15/h5-7,12-13H,3-4,8-9,15H2,1-2H3/t12-,13-/m0/s1. The normalized spacial score (nSPS) is 25.4. The van der Waals surface area contributed by atoms with Crippen LogP contribution in [0.15, 0.2) is 18.2 Å². The summed E-state index contributed by atoms with van der Waals surface area (Å²) in [5.74, 6) is 1.03. The molecule has 1 aromatic rings. The van der Waals surface area contributed by atoms with Gasteiger partial charge in [0.25, 0.3) is 0 Å². The minimum absolute atomic E-state index is 0.202. The summed E-state index contributed by atoms with van der Waals surface area (Å²) >= 11 is 0. The average molecular weight is 219 g/mol. The van der Waals surface area contributed by atoms with Crippen LogP contribution in [-0.2, 0) is 0 Å². The molecule has 1 aliphatic carbocycles. The van der Waals surface area contributed by atoms with Crippen molar-refractivity contribution in [3.8, 4) is 5.75 Å². The van der Waals surface area contributed by atoms with Gasteiger partial charge < -0.3 is 10.5 Å². The van der Waals surface area contributed by atoms with E-state index in [-0.39, 0.29) is 12.1 Å². The lowest BCUT2D eigenvalue weighted by atomic mass is 9.93. The summed E-state index contributed by atoms with van der Waals surface area (Å²) in [5, 5.41) is 0. The SMILES string of the molecule is Cc1cccc(C)c1O[C@H]1CCCC[C@@H]1N. The molecule has 0 amide bonds. The van der Waals surface area contributed by atoms with Crippen LogP contribution in [0.3, 0.4) is 0 Å². The molecule has 0 bridgehead atoms. The largest absolute Gasteiger partial charge is 0.488 e. The summed E-state index contributed by atoms with van der Waals surface area (Å²) in [6.07, 6.45) is 4.87. The Bertz CT molecular complexity index is 342.